The van der Waals surface area contributed by atoms with Crippen LogP contribution in [0.15, 0.2) is 78.9 Å². The van der Waals surface area contributed by atoms with E-state index in [4.69, 9.17) is 21.1 Å². The van der Waals surface area contributed by atoms with E-state index in [-0.39, 0.29) is 17.2 Å². The molecule has 7 heteroatoms. The van der Waals surface area contributed by atoms with Crippen LogP contribution < -0.4 is 9.47 Å². The summed E-state index contributed by atoms with van der Waals surface area (Å²) in [6, 6.07) is 23.8. The molecule has 37 heavy (non-hydrogen) atoms. The largest absolute Gasteiger partial charge is 0.493 e. The summed E-state index contributed by atoms with van der Waals surface area (Å²) in [6.07, 6.45) is 0.568. The van der Waals surface area contributed by atoms with Gasteiger partial charge in [-0.1, -0.05) is 47.5 Å². The van der Waals surface area contributed by atoms with E-state index < -0.39 is 11.9 Å². The van der Waals surface area contributed by atoms with Gasteiger partial charge in [0.15, 0.2) is 5.78 Å². The van der Waals surface area contributed by atoms with Crippen LogP contribution >= 0.6 is 11.6 Å². The average Bonchev–Trinajstić information content (AvgIpc) is 2.89. The third kappa shape index (κ3) is 5.49. The second-order valence-electron chi connectivity index (χ2n) is 8.95. The highest BCUT2D eigenvalue weighted by Gasteiger charge is 2.29. The number of nitrogens with zero attached hydrogens (tertiary/aromatic N) is 1. The van der Waals surface area contributed by atoms with E-state index in [9.17, 15) is 14.7 Å². The minimum absolute atomic E-state index is 0.0555. The number of carbonyl (C=O) groups excluding carboxylic acids is 1. The standard InChI is InChI=1S/C30H24ClNO5/c1-18-5-7-19(8-6-18)26-4-2-3-21(32-26)15-27(33)20-9-11-22(12-10-20)37-29-17-28-24(16-25(29)31)23(30(34)35)13-14-36-28/h2-12,16-17,23H,13-15H2,1H3,(H,34,35). The van der Waals surface area contributed by atoms with Gasteiger partial charge in [-0.3, -0.25) is 14.6 Å². The molecule has 0 amide bonds. The number of carboxylic acid groups (broad SMARTS) is 1. The molecule has 1 N–H and O–H groups in total. The number of pyridine rings is 1. The number of rotatable bonds is 7. The number of carboxylic acids is 1. The van der Waals surface area contributed by atoms with Crippen molar-refractivity contribution in [1.82, 2.24) is 4.98 Å². The van der Waals surface area contributed by atoms with Gasteiger partial charge in [-0.05, 0) is 55.8 Å². The van der Waals surface area contributed by atoms with Crippen molar-refractivity contribution in [3.8, 4) is 28.5 Å². The van der Waals surface area contributed by atoms with Crippen molar-refractivity contribution >= 4 is 23.4 Å². The number of hydrogen-bond donors (Lipinski definition) is 1. The smallest absolute Gasteiger partial charge is 0.311 e. The molecule has 1 unspecified atom stereocenters. The van der Waals surface area contributed by atoms with E-state index in [1.54, 1.807) is 36.4 Å². The van der Waals surface area contributed by atoms with Gasteiger partial charge in [-0.15, -0.1) is 0 Å². The summed E-state index contributed by atoms with van der Waals surface area (Å²) < 4.78 is 11.5. The Labute approximate surface area is 219 Å². The molecule has 1 aliphatic heterocycles. The van der Waals surface area contributed by atoms with Gasteiger partial charge in [-0.25, -0.2) is 0 Å². The molecule has 2 heterocycles. The molecule has 0 saturated carbocycles. The minimum atomic E-state index is -0.911. The van der Waals surface area contributed by atoms with Crippen LogP contribution in [0, 0.1) is 6.92 Å². The first kappa shape index (κ1) is 24.5. The number of hydrogen-bond acceptors (Lipinski definition) is 5. The van der Waals surface area contributed by atoms with Crippen LogP contribution in [0.5, 0.6) is 17.2 Å². The number of Topliss-reactive ketones (excluding diaryl/α,β-unsaturated/α-hetero) is 1. The molecule has 1 atom stereocenters. The van der Waals surface area contributed by atoms with E-state index in [1.165, 1.54) is 5.56 Å². The number of aryl methyl sites for hydroxylation is 1. The van der Waals surface area contributed by atoms with E-state index in [2.05, 4.69) is 4.98 Å². The maximum Gasteiger partial charge on any atom is 0.311 e. The van der Waals surface area contributed by atoms with Gasteiger partial charge in [0.2, 0.25) is 0 Å². The fraction of sp³-hybridized carbons (Fsp3) is 0.167. The molecule has 186 valence electrons. The zero-order chi connectivity index (χ0) is 25.9. The Morgan fingerprint density at radius 2 is 1.81 bits per heavy atom. The summed E-state index contributed by atoms with van der Waals surface area (Å²) in [7, 11) is 0. The zero-order valence-corrected chi connectivity index (χ0v) is 20.9. The molecule has 0 spiro atoms. The molecule has 0 saturated heterocycles. The highest BCUT2D eigenvalue weighted by molar-refractivity contribution is 6.32. The molecule has 5 rings (SSSR count). The van der Waals surface area contributed by atoms with Crippen molar-refractivity contribution in [2.24, 2.45) is 0 Å². The fourth-order valence-electron chi connectivity index (χ4n) is 4.29. The lowest BCUT2D eigenvalue weighted by Gasteiger charge is -2.24. The Morgan fingerprint density at radius 1 is 1.05 bits per heavy atom. The third-order valence-electron chi connectivity index (χ3n) is 6.30. The van der Waals surface area contributed by atoms with Crippen LogP contribution in [0.25, 0.3) is 11.3 Å². The third-order valence-corrected chi connectivity index (χ3v) is 6.60. The minimum Gasteiger partial charge on any atom is -0.493 e. The number of ketones is 1. The maximum atomic E-state index is 12.9. The summed E-state index contributed by atoms with van der Waals surface area (Å²) >= 11 is 6.38. The first-order valence-electron chi connectivity index (χ1n) is 11.9. The first-order chi connectivity index (χ1) is 17.9. The van der Waals surface area contributed by atoms with Crippen LogP contribution in [-0.2, 0) is 11.2 Å². The number of carbonyl (C=O) groups is 2. The van der Waals surface area contributed by atoms with Crippen molar-refractivity contribution in [3.63, 3.8) is 0 Å². The second kappa shape index (κ2) is 10.4. The van der Waals surface area contributed by atoms with Crippen LogP contribution in [-0.4, -0.2) is 28.4 Å². The summed E-state index contributed by atoms with van der Waals surface area (Å²) in [4.78, 5) is 29.1. The second-order valence-corrected chi connectivity index (χ2v) is 9.36. The van der Waals surface area contributed by atoms with Crippen molar-refractivity contribution in [3.05, 3.63) is 106 Å². The number of aliphatic carboxylic acids is 1. The van der Waals surface area contributed by atoms with Gasteiger partial charge < -0.3 is 14.6 Å². The molecule has 3 aromatic carbocycles. The SMILES string of the molecule is Cc1ccc(-c2cccc(CC(=O)c3ccc(Oc4cc5c(cc4Cl)C(C(=O)O)CCO5)cc3)n2)cc1. The predicted octanol–water partition coefficient (Wildman–Crippen LogP) is 6.88. The van der Waals surface area contributed by atoms with Crippen LogP contribution in [0.2, 0.25) is 5.02 Å². The van der Waals surface area contributed by atoms with Gasteiger partial charge in [0.25, 0.3) is 0 Å². The Balaban J connectivity index is 1.28. The molecular weight excluding hydrogens is 490 g/mol. The zero-order valence-electron chi connectivity index (χ0n) is 20.1. The fourth-order valence-corrected chi connectivity index (χ4v) is 4.50. The molecule has 4 aromatic rings. The van der Waals surface area contributed by atoms with Crippen molar-refractivity contribution in [2.75, 3.05) is 6.61 Å². The van der Waals surface area contributed by atoms with Gasteiger partial charge in [0.1, 0.15) is 17.2 Å². The Morgan fingerprint density at radius 3 is 2.54 bits per heavy atom. The summed E-state index contributed by atoms with van der Waals surface area (Å²) in [6.45, 7) is 2.35. The van der Waals surface area contributed by atoms with E-state index >= 15 is 0 Å². The van der Waals surface area contributed by atoms with Crippen molar-refractivity contribution < 1.29 is 24.2 Å². The molecule has 0 fully saturated rings. The lowest BCUT2D eigenvalue weighted by Crippen LogP contribution is -2.20. The molecule has 1 aliphatic rings. The molecular formula is C30H24ClNO5. The average molecular weight is 514 g/mol. The quantitative estimate of drug-likeness (QED) is 0.271. The topological polar surface area (TPSA) is 85.7 Å². The van der Waals surface area contributed by atoms with Gasteiger partial charge >= 0.3 is 5.97 Å². The number of ether oxygens (including phenoxy) is 2. The molecule has 6 nitrogen and oxygen atoms in total. The Hall–Kier alpha value is -4.16. The summed E-state index contributed by atoms with van der Waals surface area (Å²) in [5.74, 6) is -0.337. The predicted molar refractivity (Wildman–Crippen MR) is 141 cm³/mol. The lowest BCUT2D eigenvalue weighted by atomic mass is 9.93. The molecule has 0 radical (unpaired) electrons. The number of aromatic nitrogens is 1. The summed E-state index contributed by atoms with van der Waals surface area (Å²) in [5, 5.41) is 9.74. The number of halogens is 1. The highest BCUT2D eigenvalue weighted by Crippen LogP contribution is 2.41. The van der Waals surface area contributed by atoms with E-state index in [0.717, 1.165) is 11.3 Å². The Bertz CT molecular complexity index is 1460. The maximum absolute atomic E-state index is 12.9. The van der Waals surface area contributed by atoms with Crippen molar-refractivity contribution in [2.45, 2.75) is 25.7 Å². The monoisotopic (exact) mass is 513 g/mol. The normalized spacial score (nSPS) is 14.4. The van der Waals surface area contributed by atoms with Crippen LogP contribution in [0.3, 0.4) is 0 Å². The molecule has 1 aromatic heterocycles. The number of fused-ring (bicyclic) bond motifs is 1. The van der Waals surface area contributed by atoms with E-state index in [1.807, 2.05) is 49.4 Å². The van der Waals surface area contributed by atoms with Crippen LogP contribution in [0.4, 0.5) is 0 Å². The molecule has 0 aliphatic carbocycles. The molecule has 0 bridgehead atoms. The highest BCUT2D eigenvalue weighted by atomic mass is 35.5. The van der Waals surface area contributed by atoms with Gasteiger partial charge in [-0.2, -0.15) is 0 Å². The van der Waals surface area contributed by atoms with Crippen LogP contribution in [0.1, 0.15) is 39.5 Å². The van der Waals surface area contributed by atoms with Gasteiger partial charge in [0.05, 0.1) is 29.7 Å². The van der Waals surface area contributed by atoms with Gasteiger partial charge in [0, 0.05) is 28.5 Å². The lowest BCUT2D eigenvalue weighted by molar-refractivity contribution is -0.139. The Kier molecular flexibility index (Phi) is 6.93. The number of benzene rings is 3. The van der Waals surface area contributed by atoms with E-state index in [0.29, 0.717) is 47.1 Å². The first-order valence-corrected chi connectivity index (χ1v) is 12.3. The summed E-state index contributed by atoms with van der Waals surface area (Å²) in [5.41, 5.74) is 4.79. The van der Waals surface area contributed by atoms with Crippen molar-refractivity contribution in [1.29, 1.82) is 0 Å².